The number of imide groups is 2. The Bertz CT molecular complexity index is 847. The van der Waals surface area contributed by atoms with Crippen LogP contribution in [0.1, 0.15) is 56.9 Å². The molecule has 1 saturated carbocycles. The van der Waals surface area contributed by atoms with Crippen molar-refractivity contribution in [2.45, 2.75) is 57.4 Å². The molecular formula is C23H28N2O3S2. The number of amides is 4. The first kappa shape index (κ1) is 21.5. The van der Waals surface area contributed by atoms with Crippen LogP contribution in [0.15, 0.2) is 40.1 Å². The van der Waals surface area contributed by atoms with Crippen LogP contribution in [0.2, 0.25) is 0 Å². The fraction of sp³-hybridized carbons (Fsp3) is 0.522. The fourth-order valence-corrected chi connectivity index (χ4v) is 7.06. The molecule has 1 aromatic rings. The number of hydrogen-bond donors (Lipinski definition) is 0. The monoisotopic (exact) mass is 444 g/mol. The van der Waals surface area contributed by atoms with E-state index in [1.165, 1.54) is 15.4 Å². The standard InChI is InChI=1S/C23H28N2O3S2/c1-2-3-12-24-20(26)19(22-29-13-7-14-30-22)21(27)25(23(24)28)18-11-10-17(15-18)16-8-5-4-6-9-16/h4-6,8-9,17-18H,2-3,7,10-15H2,1H3. The van der Waals surface area contributed by atoms with Gasteiger partial charge in [-0.05, 0) is 55.1 Å². The molecule has 4 amide bonds. The summed E-state index contributed by atoms with van der Waals surface area (Å²) in [6.45, 7) is 2.41. The van der Waals surface area contributed by atoms with Crippen molar-refractivity contribution < 1.29 is 14.4 Å². The van der Waals surface area contributed by atoms with Crippen LogP contribution < -0.4 is 0 Å². The van der Waals surface area contributed by atoms with E-state index in [0.29, 0.717) is 12.5 Å². The van der Waals surface area contributed by atoms with E-state index in [9.17, 15) is 14.4 Å². The first-order valence-corrected chi connectivity index (χ1v) is 12.8. The molecule has 5 nitrogen and oxygen atoms in total. The van der Waals surface area contributed by atoms with Gasteiger partial charge in [0.25, 0.3) is 11.8 Å². The quantitative estimate of drug-likeness (QED) is 0.473. The van der Waals surface area contributed by atoms with Gasteiger partial charge in [-0.1, -0.05) is 43.7 Å². The van der Waals surface area contributed by atoms with Crippen LogP contribution >= 0.6 is 23.5 Å². The Labute approximate surface area is 186 Å². The maximum Gasteiger partial charge on any atom is 0.334 e. The van der Waals surface area contributed by atoms with Crippen LogP contribution in [0.3, 0.4) is 0 Å². The minimum Gasteiger partial charge on any atom is -0.268 e. The van der Waals surface area contributed by atoms with E-state index in [1.807, 2.05) is 25.1 Å². The summed E-state index contributed by atoms with van der Waals surface area (Å²) in [5.74, 6) is 1.38. The van der Waals surface area contributed by atoms with E-state index in [1.54, 1.807) is 23.5 Å². The van der Waals surface area contributed by atoms with E-state index in [0.717, 1.165) is 54.3 Å². The Kier molecular flexibility index (Phi) is 6.88. The molecule has 0 radical (unpaired) electrons. The zero-order chi connectivity index (χ0) is 21.1. The highest BCUT2D eigenvalue weighted by Crippen LogP contribution is 2.42. The normalized spacial score (nSPS) is 25.4. The first-order valence-electron chi connectivity index (χ1n) is 10.9. The van der Waals surface area contributed by atoms with Crippen LogP contribution in [0.5, 0.6) is 0 Å². The van der Waals surface area contributed by atoms with Gasteiger partial charge in [-0.15, -0.1) is 23.5 Å². The van der Waals surface area contributed by atoms with Gasteiger partial charge in [0.05, 0.1) is 4.24 Å². The lowest BCUT2D eigenvalue weighted by Crippen LogP contribution is -2.59. The Hall–Kier alpha value is -1.73. The second kappa shape index (κ2) is 9.60. The van der Waals surface area contributed by atoms with Crippen molar-refractivity contribution in [1.82, 2.24) is 9.80 Å². The number of barbiturate groups is 1. The molecule has 1 aliphatic carbocycles. The highest BCUT2D eigenvalue weighted by Gasteiger charge is 2.48. The minimum atomic E-state index is -0.424. The van der Waals surface area contributed by atoms with Crippen molar-refractivity contribution in [1.29, 1.82) is 0 Å². The van der Waals surface area contributed by atoms with Crippen molar-refractivity contribution in [3.05, 3.63) is 45.7 Å². The van der Waals surface area contributed by atoms with Gasteiger partial charge in [0, 0.05) is 12.6 Å². The predicted octanol–water partition coefficient (Wildman–Crippen LogP) is 5.00. The van der Waals surface area contributed by atoms with E-state index >= 15 is 0 Å². The number of urea groups is 1. The highest BCUT2D eigenvalue weighted by molar-refractivity contribution is 8.22. The van der Waals surface area contributed by atoms with Crippen molar-refractivity contribution in [3.63, 3.8) is 0 Å². The van der Waals surface area contributed by atoms with Crippen molar-refractivity contribution >= 4 is 41.4 Å². The maximum absolute atomic E-state index is 13.5. The molecule has 160 valence electrons. The van der Waals surface area contributed by atoms with E-state index in [-0.39, 0.29) is 17.5 Å². The van der Waals surface area contributed by atoms with Crippen molar-refractivity contribution in [2.75, 3.05) is 18.1 Å². The highest BCUT2D eigenvalue weighted by atomic mass is 32.2. The van der Waals surface area contributed by atoms with E-state index in [4.69, 9.17) is 0 Å². The predicted molar refractivity (Wildman–Crippen MR) is 122 cm³/mol. The summed E-state index contributed by atoms with van der Waals surface area (Å²) in [6.07, 6.45) is 5.21. The molecule has 2 unspecified atom stereocenters. The Morgan fingerprint density at radius 2 is 1.73 bits per heavy atom. The molecule has 2 saturated heterocycles. The molecule has 2 heterocycles. The number of rotatable bonds is 5. The summed E-state index contributed by atoms with van der Waals surface area (Å²) in [7, 11) is 0. The summed E-state index contributed by atoms with van der Waals surface area (Å²) in [4.78, 5) is 42.7. The average molecular weight is 445 g/mol. The zero-order valence-electron chi connectivity index (χ0n) is 17.3. The second-order valence-corrected chi connectivity index (χ2v) is 10.5. The summed E-state index contributed by atoms with van der Waals surface area (Å²) < 4.78 is 0.799. The van der Waals surface area contributed by atoms with Crippen LogP contribution in [0.25, 0.3) is 0 Å². The largest absolute Gasteiger partial charge is 0.334 e. The van der Waals surface area contributed by atoms with Crippen LogP contribution in [0.4, 0.5) is 4.79 Å². The SMILES string of the molecule is CCCCN1C(=O)C(=C2SCCCS2)C(=O)N(C2CCC(c3ccccc3)C2)C1=O. The third-order valence-electron chi connectivity index (χ3n) is 6.06. The zero-order valence-corrected chi connectivity index (χ0v) is 19.0. The Morgan fingerprint density at radius 1 is 1.00 bits per heavy atom. The van der Waals surface area contributed by atoms with Crippen LogP contribution in [-0.2, 0) is 9.59 Å². The van der Waals surface area contributed by atoms with Crippen molar-refractivity contribution in [2.24, 2.45) is 0 Å². The number of unbranched alkanes of at least 4 members (excludes halogenated alkanes) is 1. The summed E-state index contributed by atoms with van der Waals surface area (Å²) in [6, 6.07) is 9.73. The van der Waals surface area contributed by atoms with Crippen molar-refractivity contribution in [3.8, 4) is 0 Å². The topological polar surface area (TPSA) is 57.7 Å². The Morgan fingerprint density at radius 3 is 2.43 bits per heavy atom. The van der Waals surface area contributed by atoms with Gasteiger partial charge in [0.1, 0.15) is 5.57 Å². The van der Waals surface area contributed by atoms with E-state index < -0.39 is 11.9 Å². The summed E-state index contributed by atoms with van der Waals surface area (Å²) in [5.41, 5.74) is 1.48. The number of carbonyl (C=O) groups excluding carboxylic acids is 3. The first-order chi connectivity index (χ1) is 14.6. The van der Waals surface area contributed by atoms with E-state index in [2.05, 4.69) is 12.1 Å². The number of hydrogen-bond acceptors (Lipinski definition) is 5. The smallest absolute Gasteiger partial charge is 0.268 e. The molecule has 2 atom stereocenters. The molecule has 2 aliphatic heterocycles. The summed E-state index contributed by atoms with van der Waals surface area (Å²) in [5, 5.41) is 0. The maximum atomic E-state index is 13.5. The van der Waals surface area contributed by atoms with Gasteiger partial charge in [0.2, 0.25) is 0 Å². The third-order valence-corrected chi connectivity index (χ3v) is 8.69. The third kappa shape index (κ3) is 4.19. The Balaban J connectivity index is 1.63. The molecule has 0 spiro atoms. The van der Waals surface area contributed by atoms with Gasteiger partial charge >= 0.3 is 6.03 Å². The number of carbonyl (C=O) groups is 3. The lowest BCUT2D eigenvalue weighted by Gasteiger charge is -2.38. The molecule has 7 heteroatoms. The molecular weight excluding hydrogens is 416 g/mol. The van der Waals surface area contributed by atoms with Crippen LogP contribution in [-0.4, -0.2) is 51.7 Å². The lowest BCUT2D eigenvalue weighted by atomic mass is 9.97. The molecule has 0 aromatic heterocycles. The second-order valence-electron chi connectivity index (χ2n) is 8.06. The molecule has 30 heavy (non-hydrogen) atoms. The fourth-order valence-electron chi connectivity index (χ4n) is 4.46. The lowest BCUT2D eigenvalue weighted by molar-refractivity contribution is -0.137. The number of thioether (sulfide) groups is 2. The van der Waals surface area contributed by atoms with Gasteiger partial charge in [0.15, 0.2) is 0 Å². The van der Waals surface area contributed by atoms with Gasteiger partial charge in [-0.25, -0.2) is 4.79 Å². The van der Waals surface area contributed by atoms with Crippen LogP contribution in [0, 0.1) is 0 Å². The van der Waals surface area contributed by atoms with Gasteiger partial charge in [-0.3, -0.25) is 19.4 Å². The molecule has 3 aliphatic rings. The van der Waals surface area contributed by atoms with Gasteiger partial charge < -0.3 is 0 Å². The average Bonchev–Trinajstić information content (AvgIpc) is 3.25. The van der Waals surface area contributed by atoms with Gasteiger partial charge in [-0.2, -0.15) is 0 Å². The molecule has 1 aromatic carbocycles. The number of benzene rings is 1. The minimum absolute atomic E-state index is 0.151. The number of nitrogens with zero attached hydrogens (tertiary/aromatic N) is 2. The molecule has 3 fully saturated rings. The molecule has 0 N–H and O–H groups in total. The molecule has 0 bridgehead atoms. The summed E-state index contributed by atoms with van der Waals surface area (Å²) >= 11 is 3.17. The molecule has 4 rings (SSSR count).